The highest BCUT2D eigenvalue weighted by Crippen LogP contribution is 2.34. The van der Waals surface area contributed by atoms with Gasteiger partial charge in [0.25, 0.3) is 10.0 Å². The maximum atomic E-state index is 14.1. The molecule has 10 heteroatoms. The van der Waals surface area contributed by atoms with Crippen LogP contribution in [0.3, 0.4) is 0 Å². The Bertz CT molecular complexity index is 1440. The van der Waals surface area contributed by atoms with Gasteiger partial charge in [-0.25, -0.2) is 8.42 Å². The maximum Gasteiger partial charge on any atom is 0.264 e. The average molecular weight is 596 g/mol. The van der Waals surface area contributed by atoms with E-state index >= 15 is 0 Å². The summed E-state index contributed by atoms with van der Waals surface area (Å²) in [6, 6.07) is 19.9. The quantitative estimate of drug-likeness (QED) is 0.293. The number of benzene rings is 3. The van der Waals surface area contributed by atoms with Crippen LogP contribution in [0.5, 0.6) is 11.5 Å². The first kappa shape index (κ1) is 32.5. The summed E-state index contributed by atoms with van der Waals surface area (Å²) in [6.07, 6.45) is 0.860. The summed E-state index contributed by atoms with van der Waals surface area (Å²) in [5.41, 5.74) is 2.12. The molecule has 2 amide bonds. The van der Waals surface area contributed by atoms with Crippen LogP contribution in [0.25, 0.3) is 0 Å². The molecule has 0 fully saturated rings. The lowest BCUT2D eigenvalue weighted by molar-refractivity contribution is -0.139. The van der Waals surface area contributed by atoms with E-state index in [-0.39, 0.29) is 29.1 Å². The lowest BCUT2D eigenvalue weighted by atomic mass is 10.1. The molecule has 0 unspecified atom stereocenters. The normalized spacial score (nSPS) is 12.0. The lowest BCUT2D eigenvalue weighted by Gasteiger charge is -2.33. The van der Waals surface area contributed by atoms with Crippen LogP contribution in [0, 0.1) is 6.92 Å². The minimum Gasteiger partial charge on any atom is -0.493 e. The third-order valence-corrected chi connectivity index (χ3v) is 8.63. The Balaban J connectivity index is 2.07. The van der Waals surface area contributed by atoms with Gasteiger partial charge in [0.05, 0.1) is 24.8 Å². The molecule has 0 saturated carbocycles. The molecular formula is C32H41N3O6S. The molecule has 0 aliphatic rings. The number of ether oxygens (including phenoxy) is 2. The minimum absolute atomic E-state index is 0.0381. The average Bonchev–Trinajstić information content (AvgIpc) is 2.97. The zero-order valence-electron chi connectivity index (χ0n) is 25.2. The highest BCUT2D eigenvalue weighted by Gasteiger charge is 2.34. The number of aryl methyl sites for hydroxylation is 1. The van der Waals surface area contributed by atoms with Crippen molar-refractivity contribution in [2.45, 2.75) is 57.5 Å². The number of nitrogens with zero attached hydrogens (tertiary/aromatic N) is 2. The van der Waals surface area contributed by atoms with Gasteiger partial charge in [0, 0.05) is 18.7 Å². The molecule has 3 rings (SSSR count). The summed E-state index contributed by atoms with van der Waals surface area (Å²) < 4.78 is 39.9. The van der Waals surface area contributed by atoms with Crippen molar-refractivity contribution in [2.24, 2.45) is 0 Å². The predicted molar refractivity (Wildman–Crippen MR) is 164 cm³/mol. The lowest BCUT2D eigenvalue weighted by Crippen LogP contribution is -2.54. The molecule has 0 heterocycles. The van der Waals surface area contributed by atoms with Crippen molar-refractivity contribution in [3.8, 4) is 11.5 Å². The van der Waals surface area contributed by atoms with Crippen molar-refractivity contribution in [2.75, 3.05) is 31.6 Å². The van der Waals surface area contributed by atoms with Crippen LogP contribution in [-0.4, -0.2) is 64.5 Å². The predicted octanol–water partition coefficient (Wildman–Crippen LogP) is 4.58. The number of nitrogens with one attached hydrogen (secondary N) is 1. The van der Waals surface area contributed by atoms with Crippen molar-refractivity contribution in [3.05, 3.63) is 83.9 Å². The maximum absolute atomic E-state index is 14.1. The van der Waals surface area contributed by atoms with Crippen LogP contribution < -0.4 is 19.1 Å². The second-order valence-electron chi connectivity index (χ2n) is 10.3. The van der Waals surface area contributed by atoms with Crippen molar-refractivity contribution in [1.82, 2.24) is 10.2 Å². The molecule has 0 aliphatic heterocycles. The first-order valence-corrected chi connectivity index (χ1v) is 15.4. The second-order valence-corrected chi connectivity index (χ2v) is 12.1. The molecule has 0 bridgehead atoms. The molecular weight excluding hydrogens is 554 g/mol. The summed E-state index contributed by atoms with van der Waals surface area (Å²) in [4.78, 5) is 28.9. The number of carbonyl (C=O) groups excluding carboxylic acids is 2. The number of methoxy groups -OCH3 is 2. The second kappa shape index (κ2) is 14.7. The molecule has 9 nitrogen and oxygen atoms in total. The number of hydrogen-bond acceptors (Lipinski definition) is 6. The van der Waals surface area contributed by atoms with Gasteiger partial charge in [-0.15, -0.1) is 0 Å². The molecule has 1 N–H and O–H groups in total. The van der Waals surface area contributed by atoms with Crippen molar-refractivity contribution in [3.63, 3.8) is 0 Å². The summed E-state index contributed by atoms with van der Waals surface area (Å²) in [5.74, 6) is -0.0495. The molecule has 42 heavy (non-hydrogen) atoms. The highest BCUT2D eigenvalue weighted by atomic mass is 32.2. The molecule has 0 aromatic heterocycles. The van der Waals surface area contributed by atoms with E-state index in [1.165, 1.54) is 37.3 Å². The Kier molecular flexibility index (Phi) is 11.4. The first-order chi connectivity index (χ1) is 20.0. The Morgan fingerprint density at radius 3 is 2.12 bits per heavy atom. The van der Waals surface area contributed by atoms with Gasteiger partial charge in [-0.05, 0) is 63.4 Å². The Hall–Kier alpha value is -4.05. The molecule has 0 saturated heterocycles. The van der Waals surface area contributed by atoms with E-state index in [2.05, 4.69) is 5.32 Å². The fourth-order valence-electron chi connectivity index (χ4n) is 4.62. The molecule has 3 aromatic rings. The van der Waals surface area contributed by atoms with Crippen LogP contribution >= 0.6 is 0 Å². The molecule has 0 aliphatic carbocycles. The molecule has 1 atom stereocenters. The van der Waals surface area contributed by atoms with Gasteiger partial charge in [-0.3, -0.25) is 13.9 Å². The number of hydrogen-bond donors (Lipinski definition) is 1. The van der Waals surface area contributed by atoms with E-state index < -0.39 is 28.5 Å². The van der Waals surface area contributed by atoms with Crippen LogP contribution in [0.1, 0.15) is 38.3 Å². The number of carbonyl (C=O) groups is 2. The molecule has 0 spiro atoms. The van der Waals surface area contributed by atoms with Gasteiger partial charge in [0.15, 0.2) is 11.5 Å². The number of sulfonamides is 1. The van der Waals surface area contributed by atoms with Gasteiger partial charge < -0.3 is 19.7 Å². The minimum atomic E-state index is -4.19. The van der Waals surface area contributed by atoms with Crippen LogP contribution in [0.15, 0.2) is 77.7 Å². The fraction of sp³-hybridized carbons (Fsp3) is 0.375. The van der Waals surface area contributed by atoms with Gasteiger partial charge in [0.2, 0.25) is 11.8 Å². The van der Waals surface area contributed by atoms with Crippen LogP contribution in [0.4, 0.5) is 5.69 Å². The van der Waals surface area contributed by atoms with E-state index in [1.807, 2.05) is 58.0 Å². The van der Waals surface area contributed by atoms with E-state index in [0.717, 1.165) is 15.4 Å². The summed E-state index contributed by atoms with van der Waals surface area (Å²) in [7, 11) is -1.25. The highest BCUT2D eigenvalue weighted by molar-refractivity contribution is 7.92. The summed E-state index contributed by atoms with van der Waals surface area (Å²) in [5, 5.41) is 2.91. The monoisotopic (exact) mass is 595 g/mol. The third kappa shape index (κ3) is 8.03. The topological polar surface area (TPSA) is 105 Å². The SMILES string of the molecule is CC[C@@H](C(=O)NC(C)C)N(CCc1ccccc1)C(=O)CN(c1ccc(OC)c(OC)c1)S(=O)(=O)c1ccc(C)cc1. The zero-order chi connectivity index (χ0) is 30.9. The number of rotatable bonds is 14. The van der Waals surface area contributed by atoms with E-state index in [0.29, 0.717) is 24.3 Å². The molecule has 226 valence electrons. The smallest absolute Gasteiger partial charge is 0.264 e. The van der Waals surface area contributed by atoms with E-state index in [1.54, 1.807) is 24.3 Å². The largest absolute Gasteiger partial charge is 0.493 e. The van der Waals surface area contributed by atoms with Crippen molar-refractivity contribution in [1.29, 1.82) is 0 Å². The van der Waals surface area contributed by atoms with E-state index in [9.17, 15) is 18.0 Å². The van der Waals surface area contributed by atoms with Gasteiger partial charge in [-0.2, -0.15) is 0 Å². The Labute approximate surface area is 249 Å². The van der Waals surface area contributed by atoms with Gasteiger partial charge in [-0.1, -0.05) is 55.0 Å². The summed E-state index contributed by atoms with van der Waals surface area (Å²) >= 11 is 0. The number of amides is 2. The number of anilines is 1. The third-order valence-electron chi connectivity index (χ3n) is 6.84. The fourth-order valence-corrected chi connectivity index (χ4v) is 6.03. The van der Waals surface area contributed by atoms with Crippen molar-refractivity contribution >= 4 is 27.5 Å². The van der Waals surface area contributed by atoms with Crippen molar-refractivity contribution < 1.29 is 27.5 Å². The van der Waals surface area contributed by atoms with Crippen LogP contribution in [-0.2, 0) is 26.0 Å². The summed E-state index contributed by atoms with van der Waals surface area (Å²) in [6.45, 7) is 7.12. The first-order valence-electron chi connectivity index (χ1n) is 14.0. The van der Waals surface area contributed by atoms with Gasteiger partial charge in [0.1, 0.15) is 12.6 Å². The standard InChI is InChI=1S/C32H41N3O6S/c1-7-28(32(37)33-23(2)3)34(20-19-25-11-9-8-10-12-25)31(36)22-35(26-15-18-29(40-5)30(21-26)41-6)42(38,39)27-16-13-24(4)14-17-27/h8-18,21,23,28H,7,19-20,22H2,1-6H3,(H,33,37)/t28-/m0/s1. The van der Waals surface area contributed by atoms with Crippen LogP contribution in [0.2, 0.25) is 0 Å². The van der Waals surface area contributed by atoms with E-state index in [4.69, 9.17) is 9.47 Å². The van der Waals surface area contributed by atoms with Gasteiger partial charge >= 0.3 is 0 Å². The Morgan fingerprint density at radius 1 is 0.905 bits per heavy atom. The molecule has 3 aromatic carbocycles. The zero-order valence-corrected chi connectivity index (χ0v) is 26.0. The Morgan fingerprint density at radius 2 is 1.55 bits per heavy atom. The molecule has 0 radical (unpaired) electrons.